The Kier molecular flexibility index (Phi) is 23.3. The van der Waals surface area contributed by atoms with Gasteiger partial charge in [-0.15, -0.1) is 0 Å². The summed E-state index contributed by atoms with van der Waals surface area (Å²) in [6, 6.07) is 11.7. The molecule has 1 aromatic rings. The first kappa shape index (κ1) is 35.2. The molecule has 0 heterocycles. The van der Waals surface area contributed by atoms with Crippen molar-refractivity contribution in [2.24, 2.45) is 5.41 Å². The third-order valence-electron chi connectivity index (χ3n) is 8.72. The van der Waals surface area contributed by atoms with Crippen LogP contribution in [0.15, 0.2) is 30.3 Å². The smallest absolute Gasteiger partial charge is 0.0371 e. The molecule has 0 saturated carbocycles. The third kappa shape index (κ3) is 19.3. The Labute approximate surface area is 240 Å². The third-order valence-corrected chi connectivity index (χ3v) is 8.72. The van der Waals surface area contributed by atoms with Gasteiger partial charge in [-0.2, -0.15) is 0 Å². The van der Waals surface area contributed by atoms with E-state index in [0.29, 0.717) is 11.5 Å². The van der Waals surface area contributed by atoms with Gasteiger partial charge in [-0.1, -0.05) is 199 Å². The van der Waals surface area contributed by atoms with Crippen molar-refractivity contribution in [1.82, 2.24) is 5.32 Å². The van der Waals surface area contributed by atoms with Crippen molar-refractivity contribution in [2.45, 2.75) is 188 Å². The summed E-state index contributed by atoms with van der Waals surface area (Å²) >= 11 is 0. The van der Waals surface area contributed by atoms with Crippen LogP contribution in [0.2, 0.25) is 0 Å². The first-order chi connectivity index (χ1) is 18.6. The Morgan fingerprint density at radius 3 is 1.29 bits per heavy atom. The number of rotatable bonds is 28. The lowest BCUT2D eigenvalue weighted by Crippen LogP contribution is -2.35. The molecule has 0 amide bonds. The average Bonchev–Trinajstić information content (AvgIpc) is 2.92. The predicted octanol–water partition coefficient (Wildman–Crippen LogP) is 12.7. The van der Waals surface area contributed by atoms with E-state index in [-0.39, 0.29) is 0 Å². The van der Waals surface area contributed by atoms with E-state index in [1.54, 1.807) is 0 Å². The highest BCUT2D eigenvalue weighted by atomic mass is 14.9. The molecule has 1 N–H and O–H groups in total. The van der Waals surface area contributed by atoms with E-state index < -0.39 is 0 Å². The number of hydrogen-bond acceptors (Lipinski definition) is 1. The molecule has 0 spiro atoms. The molecule has 222 valence electrons. The minimum atomic E-state index is 0.290. The monoisotopic (exact) mass is 528 g/mol. The molecule has 1 nitrogen and oxygen atoms in total. The molecule has 0 aromatic heterocycles. The molecule has 1 atom stereocenters. The Morgan fingerprint density at radius 1 is 0.500 bits per heavy atom. The Morgan fingerprint density at radius 2 is 0.868 bits per heavy atom. The molecule has 0 saturated heterocycles. The topological polar surface area (TPSA) is 12.0 Å². The molecule has 1 aromatic carbocycles. The average molecular weight is 528 g/mol. The minimum absolute atomic E-state index is 0.290. The number of hydrogen-bond donors (Lipinski definition) is 1. The molecule has 1 heteroatoms. The largest absolute Gasteiger partial charge is 0.309 e. The van der Waals surface area contributed by atoms with Crippen LogP contribution in [-0.4, -0.2) is 6.54 Å². The van der Waals surface area contributed by atoms with Crippen LogP contribution in [0.1, 0.15) is 193 Å². The summed E-state index contributed by atoms with van der Waals surface area (Å²) in [5.74, 6) is 0. The van der Waals surface area contributed by atoms with E-state index in [1.807, 2.05) is 0 Å². The van der Waals surface area contributed by atoms with Gasteiger partial charge in [0.2, 0.25) is 0 Å². The molecule has 0 aliphatic carbocycles. The van der Waals surface area contributed by atoms with Crippen molar-refractivity contribution < 1.29 is 0 Å². The lowest BCUT2D eigenvalue weighted by atomic mass is 9.76. The van der Waals surface area contributed by atoms with Gasteiger partial charge < -0.3 is 5.32 Å². The van der Waals surface area contributed by atoms with E-state index in [1.165, 1.54) is 160 Å². The van der Waals surface area contributed by atoms with Crippen LogP contribution in [0.4, 0.5) is 0 Å². The first-order valence-electron chi connectivity index (χ1n) is 17.4. The quantitative estimate of drug-likeness (QED) is 0.107. The Balaban J connectivity index is 2.18. The van der Waals surface area contributed by atoms with Gasteiger partial charge in [0.25, 0.3) is 0 Å². The van der Waals surface area contributed by atoms with Crippen LogP contribution in [0, 0.1) is 5.41 Å². The maximum absolute atomic E-state index is 4.00. The van der Waals surface area contributed by atoms with E-state index in [0.717, 1.165) is 6.54 Å². The Bertz CT molecular complexity index is 592. The highest BCUT2D eigenvalue weighted by Gasteiger charge is 2.29. The van der Waals surface area contributed by atoms with Gasteiger partial charge in [0, 0.05) is 6.04 Å². The lowest BCUT2D eigenvalue weighted by Gasteiger charge is -2.36. The van der Waals surface area contributed by atoms with Crippen molar-refractivity contribution in [1.29, 1.82) is 0 Å². The van der Waals surface area contributed by atoms with Crippen molar-refractivity contribution in [3.05, 3.63) is 35.9 Å². The minimum Gasteiger partial charge on any atom is -0.309 e. The summed E-state index contributed by atoms with van der Waals surface area (Å²) in [6.45, 7) is 10.7. The number of nitrogens with one attached hydrogen (secondary N) is 1. The fourth-order valence-electron chi connectivity index (χ4n) is 6.09. The maximum Gasteiger partial charge on any atom is 0.0371 e. The van der Waals surface area contributed by atoms with Crippen molar-refractivity contribution in [3.63, 3.8) is 0 Å². The SMILES string of the molecule is CCCCCCCCCCCCCCCCNC(c1ccccc1)C(C)(C)CCCCCCCCCCC. The molecule has 1 rings (SSSR count). The van der Waals surface area contributed by atoms with Crippen LogP contribution < -0.4 is 5.32 Å². The van der Waals surface area contributed by atoms with Crippen LogP contribution >= 0.6 is 0 Å². The normalized spacial score (nSPS) is 12.7. The molecule has 0 aliphatic heterocycles. The van der Waals surface area contributed by atoms with Gasteiger partial charge in [0.05, 0.1) is 0 Å². The second kappa shape index (κ2) is 25.2. The Hall–Kier alpha value is -0.820. The summed E-state index contributed by atoms with van der Waals surface area (Å²) < 4.78 is 0. The highest BCUT2D eigenvalue weighted by molar-refractivity contribution is 5.21. The number of benzene rings is 1. The van der Waals surface area contributed by atoms with Crippen LogP contribution in [0.3, 0.4) is 0 Å². The van der Waals surface area contributed by atoms with E-state index in [2.05, 4.69) is 63.3 Å². The van der Waals surface area contributed by atoms with Gasteiger partial charge in [-0.3, -0.25) is 0 Å². The van der Waals surface area contributed by atoms with Crippen molar-refractivity contribution >= 4 is 0 Å². The van der Waals surface area contributed by atoms with E-state index in [4.69, 9.17) is 0 Å². The first-order valence-corrected chi connectivity index (χ1v) is 17.4. The zero-order valence-electron chi connectivity index (χ0n) is 26.6. The van der Waals surface area contributed by atoms with Gasteiger partial charge >= 0.3 is 0 Å². The van der Waals surface area contributed by atoms with Crippen molar-refractivity contribution in [2.75, 3.05) is 6.54 Å². The van der Waals surface area contributed by atoms with Gasteiger partial charge in [-0.25, -0.2) is 0 Å². The summed E-state index contributed by atoms with van der Waals surface area (Å²) in [5, 5.41) is 4.00. The second-order valence-electron chi connectivity index (χ2n) is 13.0. The van der Waals surface area contributed by atoms with Crippen LogP contribution in [0.5, 0.6) is 0 Å². The van der Waals surface area contributed by atoms with E-state index >= 15 is 0 Å². The summed E-state index contributed by atoms with van der Waals surface area (Å²) in [6.07, 6.45) is 34.0. The molecule has 1 unspecified atom stereocenters. The zero-order valence-corrected chi connectivity index (χ0v) is 26.6. The molecule has 0 radical (unpaired) electrons. The summed E-state index contributed by atoms with van der Waals surface area (Å²) in [4.78, 5) is 0. The van der Waals surface area contributed by atoms with E-state index in [9.17, 15) is 0 Å². The maximum atomic E-state index is 4.00. The summed E-state index contributed by atoms with van der Waals surface area (Å²) in [5.41, 5.74) is 1.76. The van der Waals surface area contributed by atoms with Gasteiger partial charge in [-0.05, 0) is 30.4 Å². The fourth-order valence-corrected chi connectivity index (χ4v) is 6.09. The van der Waals surface area contributed by atoms with Gasteiger partial charge in [0.15, 0.2) is 0 Å². The van der Waals surface area contributed by atoms with Crippen LogP contribution in [-0.2, 0) is 0 Å². The van der Waals surface area contributed by atoms with Crippen LogP contribution in [0.25, 0.3) is 0 Å². The zero-order chi connectivity index (χ0) is 27.6. The standard InChI is InChI=1S/C37H69N/c1-5-7-9-11-13-15-16-17-18-19-21-23-25-30-34-38-36(35-31-27-26-28-32-35)37(3,4)33-29-24-22-20-14-12-10-8-6-2/h26-28,31-32,36,38H,5-25,29-30,33-34H2,1-4H3. The molecular formula is C37H69N. The molecule has 0 aliphatic rings. The fraction of sp³-hybridized carbons (Fsp3) is 0.838. The second-order valence-corrected chi connectivity index (χ2v) is 13.0. The molecule has 0 bridgehead atoms. The predicted molar refractivity (Wildman–Crippen MR) is 173 cm³/mol. The lowest BCUT2D eigenvalue weighted by molar-refractivity contribution is 0.216. The number of unbranched alkanes of at least 4 members (excludes halogenated alkanes) is 21. The van der Waals surface area contributed by atoms with Crippen molar-refractivity contribution in [3.8, 4) is 0 Å². The summed E-state index contributed by atoms with van der Waals surface area (Å²) in [7, 11) is 0. The highest BCUT2D eigenvalue weighted by Crippen LogP contribution is 2.38. The molecule has 0 fully saturated rings. The van der Waals surface area contributed by atoms with Gasteiger partial charge in [0.1, 0.15) is 0 Å². The molecule has 38 heavy (non-hydrogen) atoms. The molecular weight excluding hydrogens is 458 g/mol.